The molecule has 0 saturated carbocycles. The van der Waals surface area contributed by atoms with Gasteiger partial charge in [-0.3, -0.25) is 0 Å². The summed E-state index contributed by atoms with van der Waals surface area (Å²) in [6.45, 7) is 0. The van der Waals surface area contributed by atoms with Crippen LogP contribution in [0, 0.1) is 0 Å². The fraction of sp³-hybridized carbons (Fsp3) is 0. The van der Waals surface area contributed by atoms with Crippen molar-refractivity contribution < 1.29 is 0 Å². The van der Waals surface area contributed by atoms with Crippen LogP contribution in [0.4, 0.5) is 5.82 Å². The molecule has 0 radical (unpaired) electrons. The number of anilines is 1. The molecule has 0 aliphatic carbocycles. The fourth-order valence-electron chi connectivity index (χ4n) is 1.71. The van der Waals surface area contributed by atoms with Gasteiger partial charge in [0.25, 0.3) is 0 Å². The third-order valence-electron chi connectivity index (χ3n) is 2.67. The van der Waals surface area contributed by atoms with Gasteiger partial charge >= 0.3 is 0 Å². The van der Waals surface area contributed by atoms with Gasteiger partial charge in [-0.15, -0.1) is 0 Å². The molecule has 106 valence electrons. The van der Waals surface area contributed by atoms with Crippen molar-refractivity contribution in [1.82, 2.24) is 14.8 Å². The average molecular weight is 337 g/mol. The van der Waals surface area contributed by atoms with Crippen LogP contribution in [0.25, 0.3) is 5.82 Å². The van der Waals surface area contributed by atoms with Crippen molar-refractivity contribution in [2.75, 3.05) is 4.72 Å². The van der Waals surface area contributed by atoms with Gasteiger partial charge in [0.1, 0.15) is 5.82 Å². The molecule has 0 saturated heterocycles. The van der Waals surface area contributed by atoms with Gasteiger partial charge in [0.05, 0.1) is 11.2 Å². The summed E-state index contributed by atoms with van der Waals surface area (Å²) in [5.41, 5.74) is 0. The lowest BCUT2D eigenvalue weighted by atomic mass is 10.4. The zero-order valence-electron chi connectivity index (χ0n) is 10.7. The minimum Gasteiger partial charge on any atom is -0.310 e. The molecule has 2 aromatic heterocycles. The summed E-state index contributed by atoms with van der Waals surface area (Å²) in [6.07, 6.45) is 3.44. The van der Waals surface area contributed by atoms with Crippen molar-refractivity contribution in [3.63, 3.8) is 0 Å². The third kappa shape index (κ3) is 3.32. The summed E-state index contributed by atoms with van der Waals surface area (Å²) in [5, 5.41) is 5.47. The van der Waals surface area contributed by atoms with Gasteiger partial charge in [-0.25, -0.2) is 4.98 Å². The van der Waals surface area contributed by atoms with Crippen LogP contribution in [0.3, 0.4) is 0 Å². The number of hydrogen-bond acceptors (Lipinski definition) is 4. The van der Waals surface area contributed by atoms with E-state index in [-0.39, 0.29) is 0 Å². The van der Waals surface area contributed by atoms with Gasteiger partial charge in [-0.05, 0) is 42.3 Å². The second kappa shape index (κ2) is 6.39. The molecule has 0 fully saturated rings. The molecule has 0 spiro atoms. The summed E-state index contributed by atoms with van der Waals surface area (Å²) in [5.74, 6) is 1.55. The van der Waals surface area contributed by atoms with E-state index in [9.17, 15) is 0 Å². The van der Waals surface area contributed by atoms with Crippen LogP contribution in [0.2, 0.25) is 10.0 Å². The highest BCUT2D eigenvalue weighted by Gasteiger charge is 2.07. The van der Waals surface area contributed by atoms with Gasteiger partial charge in [0.15, 0.2) is 5.82 Å². The van der Waals surface area contributed by atoms with E-state index >= 15 is 0 Å². The minimum absolute atomic E-state index is 0.601. The van der Waals surface area contributed by atoms with Crippen molar-refractivity contribution in [2.24, 2.45) is 0 Å². The largest absolute Gasteiger partial charge is 0.310 e. The number of nitrogens with one attached hydrogen (secondary N) is 1. The predicted molar refractivity (Wildman–Crippen MR) is 87.3 cm³/mol. The van der Waals surface area contributed by atoms with Crippen LogP contribution in [0.15, 0.2) is 59.8 Å². The van der Waals surface area contributed by atoms with Crippen molar-refractivity contribution >= 4 is 41.0 Å². The Morgan fingerprint density at radius 1 is 1.05 bits per heavy atom. The fourth-order valence-corrected chi connectivity index (χ4v) is 2.89. The van der Waals surface area contributed by atoms with Crippen LogP contribution in [0.5, 0.6) is 0 Å². The first kappa shape index (κ1) is 14.3. The van der Waals surface area contributed by atoms with E-state index in [1.54, 1.807) is 29.2 Å². The molecule has 1 aromatic carbocycles. The maximum absolute atomic E-state index is 6.15. The van der Waals surface area contributed by atoms with Crippen LogP contribution >= 0.6 is 35.1 Å². The monoisotopic (exact) mass is 336 g/mol. The number of nitrogens with zero attached hydrogens (tertiary/aromatic N) is 3. The van der Waals surface area contributed by atoms with Crippen LogP contribution in [-0.2, 0) is 0 Å². The molecule has 0 unspecified atom stereocenters. The zero-order chi connectivity index (χ0) is 14.7. The highest BCUT2D eigenvalue weighted by atomic mass is 35.5. The molecule has 0 aliphatic heterocycles. The predicted octanol–water partition coefficient (Wildman–Crippen LogP) is 4.69. The molecule has 0 bridgehead atoms. The molecule has 21 heavy (non-hydrogen) atoms. The maximum Gasteiger partial charge on any atom is 0.155 e. The lowest BCUT2D eigenvalue weighted by Crippen LogP contribution is -2.02. The molecule has 3 aromatic rings. The van der Waals surface area contributed by atoms with E-state index in [4.69, 9.17) is 23.2 Å². The quantitative estimate of drug-likeness (QED) is 0.701. The summed E-state index contributed by atoms with van der Waals surface area (Å²) in [7, 11) is 0. The molecular formula is C14H10Cl2N4S. The summed E-state index contributed by atoms with van der Waals surface area (Å²) >= 11 is 13.4. The van der Waals surface area contributed by atoms with E-state index in [1.165, 1.54) is 11.9 Å². The van der Waals surface area contributed by atoms with E-state index in [0.717, 1.165) is 16.5 Å². The van der Waals surface area contributed by atoms with E-state index in [1.807, 2.05) is 30.3 Å². The lowest BCUT2D eigenvalue weighted by molar-refractivity contribution is 0.857. The minimum atomic E-state index is 0.601. The Balaban J connectivity index is 1.79. The number of benzene rings is 1. The number of pyridine rings is 1. The van der Waals surface area contributed by atoms with Gasteiger partial charge in [0, 0.05) is 22.2 Å². The molecule has 1 N–H and O–H groups in total. The van der Waals surface area contributed by atoms with Crippen LogP contribution < -0.4 is 4.72 Å². The SMILES string of the molecule is Clc1ccc(SNc2ccnn2-c2ccccn2)c(Cl)c1. The maximum atomic E-state index is 6.15. The number of hydrogen-bond donors (Lipinski definition) is 1. The van der Waals surface area contributed by atoms with Crippen molar-refractivity contribution in [1.29, 1.82) is 0 Å². The first-order valence-electron chi connectivity index (χ1n) is 6.07. The molecule has 3 rings (SSSR count). The van der Waals surface area contributed by atoms with Crippen molar-refractivity contribution in [3.8, 4) is 5.82 Å². The normalized spacial score (nSPS) is 10.6. The van der Waals surface area contributed by atoms with E-state index < -0.39 is 0 Å². The Bertz CT molecular complexity index is 746. The number of halogens is 2. The topological polar surface area (TPSA) is 42.7 Å². The van der Waals surface area contributed by atoms with E-state index in [2.05, 4.69) is 14.8 Å². The smallest absolute Gasteiger partial charge is 0.155 e. The van der Waals surface area contributed by atoms with Gasteiger partial charge in [-0.1, -0.05) is 29.3 Å². The Morgan fingerprint density at radius 3 is 2.71 bits per heavy atom. The number of aromatic nitrogens is 3. The highest BCUT2D eigenvalue weighted by molar-refractivity contribution is 8.00. The molecule has 0 atom stereocenters. The Hall–Kier alpha value is -1.69. The summed E-state index contributed by atoms with van der Waals surface area (Å²) < 4.78 is 4.94. The van der Waals surface area contributed by atoms with Crippen molar-refractivity contribution in [3.05, 3.63) is 64.9 Å². The van der Waals surface area contributed by atoms with Gasteiger partial charge in [-0.2, -0.15) is 9.78 Å². The zero-order valence-corrected chi connectivity index (χ0v) is 13.0. The molecule has 7 heteroatoms. The number of rotatable bonds is 4. The average Bonchev–Trinajstić information content (AvgIpc) is 2.96. The molecule has 0 aliphatic rings. The van der Waals surface area contributed by atoms with E-state index in [0.29, 0.717) is 10.0 Å². The Morgan fingerprint density at radius 2 is 1.95 bits per heavy atom. The molecule has 2 heterocycles. The summed E-state index contributed by atoms with van der Waals surface area (Å²) in [6, 6.07) is 12.9. The highest BCUT2D eigenvalue weighted by Crippen LogP contribution is 2.30. The first-order chi connectivity index (χ1) is 10.2. The lowest BCUT2D eigenvalue weighted by Gasteiger charge is -2.09. The summed E-state index contributed by atoms with van der Waals surface area (Å²) in [4.78, 5) is 5.16. The molecule has 0 amide bonds. The van der Waals surface area contributed by atoms with Crippen molar-refractivity contribution in [2.45, 2.75) is 4.90 Å². The Kier molecular flexibility index (Phi) is 4.34. The van der Waals surface area contributed by atoms with Crippen LogP contribution in [-0.4, -0.2) is 14.8 Å². The van der Waals surface area contributed by atoms with Gasteiger partial charge < -0.3 is 4.72 Å². The molecule has 4 nitrogen and oxygen atoms in total. The standard InChI is InChI=1S/C14H10Cl2N4S/c15-10-4-5-12(11(16)9-10)21-19-14-6-8-18-20(14)13-3-1-2-7-17-13/h1-9,19H. The Labute approximate surface area is 136 Å². The van der Waals surface area contributed by atoms with Gasteiger partial charge in [0.2, 0.25) is 0 Å². The van der Waals surface area contributed by atoms with Crippen LogP contribution in [0.1, 0.15) is 0 Å². The molecular weight excluding hydrogens is 327 g/mol. The second-order valence-electron chi connectivity index (χ2n) is 4.10. The third-order valence-corrected chi connectivity index (χ3v) is 4.22. The second-order valence-corrected chi connectivity index (χ2v) is 5.79. The first-order valence-corrected chi connectivity index (χ1v) is 7.64.